The Morgan fingerprint density at radius 3 is 2.53 bits per heavy atom. The molecule has 2 aromatic rings. The van der Waals surface area contributed by atoms with E-state index in [1.165, 1.54) is 11.1 Å². The van der Waals surface area contributed by atoms with E-state index in [9.17, 15) is 0 Å². The molecule has 1 aromatic carbocycles. The van der Waals surface area contributed by atoms with Gasteiger partial charge < -0.3 is 11.1 Å². The second-order valence-corrected chi connectivity index (χ2v) is 4.37. The fourth-order valence-corrected chi connectivity index (χ4v) is 1.64. The maximum absolute atomic E-state index is 5.75. The molecule has 0 atom stereocenters. The van der Waals surface area contributed by atoms with Gasteiger partial charge in [0.25, 0.3) is 0 Å². The Morgan fingerprint density at radius 2 is 1.82 bits per heavy atom. The summed E-state index contributed by atoms with van der Waals surface area (Å²) in [5.41, 5.74) is 11.0. The van der Waals surface area contributed by atoms with E-state index < -0.39 is 0 Å². The maximum atomic E-state index is 5.75. The highest BCUT2D eigenvalue weighted by atomic mass is 15.0. The molecule has 0 fully saturated rings. The van der Waals surface area contributed by atoms with Crippen molar-refractivity contribution in [3.63, 3.8) is 0 Å². The van der Waals surface area contributed by atoms with Gasteiger partial charge in [0.1, 0.15) is 5.82 Å². The third-order valence-electron chi connectivity index (χ3n) is 2.81. The van der Waals surface area contributed by atoms with Crippen LogP contribution in [-0.4, -0.2) is 4.98 Å². The lowest BCUT2D eigenvalue weighted by Gasteiger charge is -2.10. The summed E-state index contributed by atoms with van der Waals surface area (Å²) in [4.78, 5) is 4.27. The van der Waals surface area contributed by atoms with Crippen molar-refractivity contribution in [1.29, 1.82) is 0 Å². The van der Waals surface area contributed by atoms with Crippen LogP contribution in [0.25, 0.3) is 0 Å². The van der Waals surface area contributed by atoms with Crippen molar-refractivity contribution in [1.82, 2.24) is 4.98 Å². The Morgan fingerprint density at radius 1 is 1.06 bits per heavy atom. The summed E-state index contributed by atoms with van der Waals surface area (Å²) < 4.78 is 0. The predicted molar refractivity (Wildman–Crippen MR) is 72.6 cm³/mol. The van der Waals surface area contributed by atoms with E-state index in [1.54, 1.807) is 6.20 Å². The average molecular weight is 227 g/mol. The van der Waals surface area contributed by atoms with E-state index >= 15 is 0 Å². The Balaban J connectivity index is 2.31. The summed E-state index contributed by atoms with van der Waals surface area (Å²) in [6, 6.07) is 8.27. The average Bonchev–Trinajstić information content (AvgIpc) is 2.29. The third kappa shape index (κ3) is 2.56. The van der Waals surface area contributed by atoms with Gasteiger partial charge in [0.15, 0.2) is 0 Å². The number of aryl methyl sites for hydroxylation is 3. The number of nitrogens with one attached hydrogen (secondary N) is 1. The first-order chi connectivity index (χ1) is 8.06. The van der Waals surface area contributed by atoms with Crippen LogP contribution in [0.1, 0.15) is 16.7 Å². The molecular weight excluding hydrogens is 210 g/mol. The molecule has 0 radical (unpaired) electrons. The Hall–Kier alpha value is -2.03. The fourth-order valence-electron chi connectivity index (χ4n) is 1.64. The number of nitrogen functional groups attached to an aromatic ring is 1. The van der Waals surface area contributed by atoms with E-state index in [0.29, 0.717) is 0 Å². The van der Waals surface area contributed by atoms with Crippen LogP contribution in [0.4, 0.5) is 17.2 Å². The lowest BCUT2D eigenvalue weighted by molar-refractivity contribution is 1.26. The third-order valence-corrected chi connectivity index (χ3v) is 2.81. The molecule has 0 aliphatic carbocycles. The summed E-state index contributed by atoms with van der Waals surface area (Å²) in [6.45, 7) is 6.13. The summed E-state index contributed by atoms with van der Waals surface area (Å²) in [7, 11) is 0. The first-order valence-electron chi connectivity index (χ1n) is 5.62. The highest BCUT2D eigenvalue weighted by molar-refractivity contribution is 5.63. The molecule has 0 aliphatic rings. The first-order valence-corrected chi connectivity index (χ1v) is 5.62. The topological polar surface area (TPSA) is 50.9 Å². The zero-order valence-corrected chi connectivity index (χ0v) is 10.4. The zero-order valence-electron chi connectivity index (χ0n) is 10.4. The molecule has 2 rings (SSSR count). The second-order valence-electron chi connectivity index (χ2n) is 4.37. The van der Waals surface area contributed by atoms with E-state index in [4.69, 9.17) is 5.73 Å². The molecule has 88 valence electrons. The molecule has 3 nitrogen and oxygen atoms in total. The van der Waals surface area contributed by atoms with Gasteiger partial charge in [-0.3, -0.25) is 0 Å². The molecule has 1 aromatic heterocycles. The van der Waals surface area contributed by atoms with Crippen molar-refractivity contribution >= 4 is 17.2 Å². The van der Waals surface area contributed by atoms with Gasteiger partial charge >= 0.3 is 0 Å². The van der Waals surface area contributed by atoms with Gasteiger partial charge in [-0.2, -0.15) is 0 Å². The van der Waals surface area contributed by atoms with Crippen LogP contribution in [0.2, 0.25) is 0 Å². The largest absolute Gasteiger partial charge is 0.397 e. The van der Waals surface area contributed by atoms with E-state index in [1.807, 2.05) is 13.0 Å². The highest BCUT2D eigenvalue weighted by Gasteiger charge is 2.02. The first kappa shape index (κ1) is 11.5. The van der Waals surface area contributed by atoms with Crippen LogP contribution in [0, 0.1) is 20.8 Å². The summed E-state index contributed by atoms with van der Waals surface area (Å²) in [5.74, 6) is 0.824. The van der Waals surface area contributed by atoms with Crippen molar-refractivity contribution in [3.05, 3.63) is 47.2 Å². The van der Waals surface area contributed by atoms with E-state index in [2.05, 4.69) is 42.3 Å². The lowest BCUT2D eigenvalue weighted by atomic mass is 10.1. The Bertz CT molecular complexity index is 547. The molecule has 0 saturated carbocycles. The van der Waals surface area contributed by atoms with Crippen molar-refractivity contribution < 1.29 is 0 Å². The standard InChI is InChI=1S/C14H17N3/c1-9-4-5-10(2)13(6-9)17-14-7-11(3)12(15)8-16-14/h4-8H,15H2,1-3H3,(H,16,17). The SMILES string of the molecule is Cc1ccc(C)c(Nc2cc(C)c(N)cn2)c1. The molecule has 17 heavy (non-hydrogen) atoms. The number of hydrogen-bond acceptors (Lipinski definition) is 3. The number of nitrogens with two attached hydrogens (primary N) is 1. The Labute approximate surface area is 102 Å². The number of pyridine rings is 1. The molecule has 3 heteroatoms. The maximum Gasteiger partial charge on any atom is 0.130 e. The molecule has 0 amide bonds. The molecule has 0 bridgehead atoms. The monoisotopic (exact) mass is 227 g/mol. The second kappa shape index (κ2) is 4.45. The summed E-state index contributed by atoms with van der Waals surface area (Å²) in [5, 5.41) is 3.31. The molecule has 3 N–H and O–H groups in total. The highest BCUT2D eigenvalue weighted by Crippen LogP contribution is 2.22. The number of nitrogens with zero attached hydrogens (tertiary/aromatic N) is 1. The number of benzene rings is 1. The number of rotatable bonds is 2. The number of anilines is 3. The predicted octanol–water partition coefficient (Wildman–Crippen LogP) is 3.33. The van der Waals surface area contributed by atoms with Gasteiger partial charge in [0, 0.05) is 5.69 Å². The molecule has 0 aliphatic heterocycles. The van der Waals surface area contributed by atoms with E-state index in [-0.39, 0.29) is 0 Å². The minimum Gasteiger partial charge on any atom is -0.397 e. The van der Waals surface area contributed by atoms with Gasteiger partial charge in [-0.05, 0) is 49.6 Å². The summed E-state index contributed by atoms with van der Waals surface area (Å²) in [6.07, 6.45) is 1.68. The number of hydrogen-bond donors (Lipinski definition) is 2. The van der Waals surface area contributed by atoms with Gasteiger partial charge in [-0.25, -0.2) is 4.98 Å². The molecular formula is C14H17N3. The molecule has 1 heterocycles. The molecule has 0 unspecified atom stereocenters. The van der Waals surface area contributed by atoms with Crippen LogP contribution >= 0.6 is 0 Å². The van der Waals surface area contributed by atoms with Crippen molar-refractivity contribution in [2.45, 2.75) is 20.8 Å². The van der Waals surface area contributed by atoms with Gasteiger partial charge in [-0.15, -0.1) is 0 Å². The van der Waals surface area contributed by atoms with Crippen LogP contribution in [-0.2, 0) is 0 Å². The normalized spacial score (nSPS) is 10.3. The van der Waals surface area contributed by atoms with Crippen LogP contribution < -0.4 is 11.1 Å². The smallest absolute Gasteiger partial charge is 0.130 e. The van der Waals surface area contributed by atoms with Crippen LogP contribution in [0.5, 0.6) is 0 Å². The quantitative estimate of drug-likeness (QED) is 0.827. The van der Waals surface area contributed by atoms with Crippen molar-refractivity contribution in [2.24, 2.45) is 0 Å². The minimum atomic E-state index is 0.719. The minimum absolute atomic E-state index is 0.719. The van der Waals surface area contributed by atoms with Gasteiger partial charge in [0.2, 0.25) is 0 Å². The number of aromatic nitrogens is 1. The van der Waals surface area contributed by atoms with Gasteiger partial charge in [-0.1, -0.05) is 12.1 Å². The molecule has 0 saturated heterocycles. The Kier molecular flexibility index (Phi) is 3.00. The summed E-state index contributed by atoms with van der Waals surface area (Å²) >= 11 is 0. The molecule has 0 spiro atoms. The van der Waals surface area contributed by atoms with Crippen LogP contribution in [0.15, 0.2) is 30.5 Å². The van der Waals surface area contributed by atoms with Crippen LogP contribution in [0.3, 0.4) is 0 Å². The fraction of sp³-hybridized carbons (Fsp3) is 0.214. The van der Waals surface area contributed by atoms with Gasteiger partial charge in [0.05, 0.1) is 11.9 Å². The van der Waals surface area contributed by atoms with Crippen molar-refractivity contribution in [3.8, 4) is 0 Å². The van der Waals surface area contributed by atoms with Crippen molar-refractivity contribution in [2.75, 3.05) is 11.1 Å². The van der Waals surface area contributed by atoms with E-state index in [0.717, 1.165) is 22.8 Å². The zero-order chi connectivity index (χ0) is 12.4. The lowest BCUT2D eigenvalue weighted by Crippen LogP contribution is -1.98.